The van der Waals surface area contributed by atoms with Gasteiger partial charge in [-0.3, -0.25) is 0 Å². The van der Waals surface area contributed by atoms with E-state index < -0.39 is 0 Å². The monoisotopic (exact) mass is 213 g/mol. The molecule has 0 heterocycles. The first-order chi connectivity index (χ1) is 7.26. The van der Waals surface area contributed by atoms with Crippen molar-refractivity contribution in [3.05, 3.63) is 0 Å². The Morgan fingerprint density at radius 3 is 2.40 bits per heavy atom. The molecule has 1 rings (SSSR count). The zero-order valence-corrected chi connectivity index (χ0v) is 10.3. The van der Waals surface area contributed by atoms with Crippen LogP contribution in [0.5, 0.6) is 0 Å². The molecule has 2 nitrogen and oxygen atoms in total. The third kappa shape index (κ3) is 4.98. The van der Waals surface area contributed by atoms with Crippen molar-refractivity contribution in [3.8, 4) is 0 Å². The average Bonchev–Trinajstić information content (AvgIpc) is 2.27. The summed E-state index contributed by atoms with van der Waals surface area (Å²) in [5, 5.41) is 13.2. The molecule has 0 saturated heterocycles. The van der Waals surface area contributed by atoms with Gasteiger partial charge in [-0.25, -0.2) is 0 Å². The van der Waals surface area contributed by atoms with Crippen LogP contribution in [0, 0.1) is 0 Å². The van der Waals surface area contributed by atoms with Crippen molar-refractivity contribution in [1.82, 2.24) is 5.32 Å². The molecule has 0 bridgehead atoms. The summed E-state index contributed by atoms with van der Waals surface area (Å²) in [5.74, 6) is 0. The molecule has 2 N–H and O–H groups in total. The van der Waals surface area contributed by atoms with Crippen molar-refractivity contribution < 1.29 is 5.11 Å². The summed E-state index contributed by atoms with van der Waals surface area (Å²) in [4.78, 5) is 0. The normalized spacial score (nSPS) is 29.0. The van der Waals surface area contributed by atoms with E-state index in [0.717, 1.165) is 25.7 Å². The summed E-state index contributed by atoms with van der Waals surface area (Å²) < 4.78 is 0. The van der Waals surface area contributed by atoms with Gasteiger partial charge in [0, 0.05) is 12.1 Å². The average molecular weight is 213 g/mol. The Morgan fingerprint density at radius 1 is 1.20 bits per heavy atom. The number of nitrogens with one attached hydrogen (secondary N) is 1. The second kappa shape index (κ2) is 7.24. The molecule has 0 aliphatic heterocycles. The van der Waals surface area contributed by atoms with Gasteiger partial charge in [0.05, 0.1) is 6.10 Å². The zero-order chi connectivity index (χ0) is 11.1. The van der Waals surface area contributed by atoms with Gasteiger partial charge in [-0.2, -0.15) is 0 Å². The van der Waals surface area contributed by atoms with Crippen molar-refractivity contribution >= 4 is 0 Å². The molecule has 1 saturated carbocycles. The van der Waals surface area contributed by atoms with E-state index in [9.17, 15) is 5.11 Å². The van der Waals surface area contributed by atoms with Crippen LogP contribution in [-0.4, -0.2) is 23.3 Å². The van der Waals surface area contributed by atoms with Crippen molar-refractivity contribution in [2.45, 2.75) is 83.4 Å². The number of hydrogen-bond donors (Lipinski definition) is 2. The highest BCUT2D eigenvalue weighted by Gasteiger charge is 2.20. The van der Waals surface area contributed by atoms with Crippen molar-refractivity contribution in [2.75, 3.05) is 0 Å². The SMILES string of the molecule is CCCCC(CC)NC1CCC(O)CC1. The van der Waals surface area contributed by atoms with Gasteiger partial charge in [0.15, 0.2) is 0 Å². The maximum absolute atomic E-state index is 9.43. The van der Waals surface area contributed by atoms with E-state index in [2.05, 4.69) is 19.2 Å². The van der Waals surface area contributed by atoms with Crippen molar-refractivity contribution in [2.24, 2.45) is 0 Å². The van der Waals surface area contributed by atoms with Crippen LogP contribution in [0.4, 0.5) is 0 Å². The smallest absolute Gasteiger partial charge is 0.0541 e. The number of aliphatic hydroxyl groups is 1. The minimum atomic E-state index is -0.0289. The summed E-state index contributed by atoms with van der Waals surface area (Å²) >= 11 is 0. The molecule has 0 aromatic rings. The van der Waals surface area contributed by atoms with Gasteiger partial charge in [-0.05, 0) is 38.5 Å². The fourth-order valence-electron chi connectivity index (χ4n) is 2.43. The van der Waals surface area contributed by atoms with Gasteiger partial charge in [-0.15, -0.1) is 0 Å². The quantitative estimate of drug-likeness (QED) is 0.711. The van der Waals surface area contributed by atoms with E-state index in [4.69, 9.17) is 0 Å². The highest BCUT2D eigenvalue weighted by Crippen LogP contribution is 2.19. The largest absolute Gasteiger partial charge is 0.393 e. The molecule has 1 aliphatic carbocycles. The Morgan fingerprint density at radius 2 is 1.87 bits per heavy atom. The van der Waals surface area contributed by atoms with E-state index in [-0.39, 0.29) is 6.10 Å². The first-order valence-corrected chi connectivity index (χ1v) is 6.70. The summed E-state index contributed by atoms with van der Waals surface area (Å²) in [5.41, 5.74) is 0. The lowest BCUT2D eigenvalue weighted by Crippen LogP contribution is -2.41. The molecule has 0 radical (unpaired) electrons. The molecule has 0 spiro atoms. The van der Waals surface area contributed by atoms with Gasteiger partial charge in [0.25, 0.3) is 0 Å². The number of rotatable bonds is 6. The fourth-order valence-corrected chi connectivity index (χ4v) is 2.43. The third-order valence-electron chi connectivity index (χ3n) is 3.57. The first-order valence-electron chi connectivity index (χ1n) is 6.70. The Kier molecular flexibility index (Phi) is 6.26. The standard InChI is InChI=1S/C13H27NO/c1-3-5-6-11(4-2)14-12-7-9-13(15)10-8-12/h11-15H,3-10H2,1-2H3. The molecule has 0 amide bonds. The maximum Gasteiger partial charge on any atom is 0.0541 e. The Bertz CT molecular complexity index is 150. The molecule has 1 atom stereocenters. The van der Waals surface area contributed by atoms with Crippen LogP contribution >= 0.6 is 0 Å². The van der Waals surface area contributed by atoms with E-state index >= 15 is 0 Å². The van der Waals surface area contributed by atoms with Crippen LogP contribution in [0.1, 0.15) is 65.2 Å². The summed E-state index contributed by atoms with van der Waals surface area (Å²) in [6.45, 7) is 4.52. The minimum absolute atomic E-state index is 0.0289. The highest BCUT2D eigenvalue weighted by atomic mass is 16.3. The Hall–Kier alpha value is -0.0800. The van der Waals surface area contributed by atoms with E-state index in [1.54, 1.807) is 0 Å². The Labute approximate surface area is 94.5 Å². The van der Waals surface area contributed by atoms with Gasteiger partial charge in [0.1, 0.15) is 0 Å². The van der Waals surface area contributed by atoms with Crippen LogP contribution < -0.4 is 5.32 Å². The van der Waals surface area contributed by atoms with Crippen LogP contribution in [0.3, 0.4) is 0 Å². The highest BCUT2D eigenvalue weighted by molar-refractivity contribution is 4.79. The predicted molar refractivity (Wildman–Crippen MR) is 65.0 cm³/mol. The number of unbranched alkanes of at least 4 members (excludes halogenated alkanes) is 1. The molecule has 1 aliphatic rings. The van der Waals surface area contributed by atoms with Gasteiger partial charge in [0.2, 0.25) is 0 Å². The molecule has 90 valence electrons. The Balaban J connectivity index is 2.19. The molecule has 2 heteroatoms. The molecule has 1 unspecified atom stereocenters. The van der Waals surface area contributed by atoms with Gasteiger partial charge >= 0.3 is 0 Å². The van der Waals surface area contributed by atoms with Crippen molar-refractivity contribution in [1.29, 1.82) is 0 Å². The van der Waals surface area contributed by atoms with Crippen LogP contribution in [0.15, 0.2) is 0 Å². The van der Waals surface area contributed by atoms with Gasteiger partial charge < -0.3 is 10.4 Å². The van der Waals surface area contributed by atoms with Crippen LogP contribution in [0.2, 0.25) is 0 Å². The predicted octanol–water partition coefficient (Wildman–Crippen LogP) is 2.85. The van der Waals surface area contributed by atoms with E-state index in [1.807, 2.05) is 0 Å². The topological polar surface area (TPSA) is 32.3 Å². The van der Waals surface area contributed by atoms with Gasteiger partial charge in [-0.1, -0.05) is 26.7 Å². The molecule has 0 aromatic heterocycles. The second-order valence-electron chi connectivity index (χ2n) is 4.92. The minimum Gasteiger partial charge on any atom is -0.393 e. The lowest BCUT2D eigenvalue weighted by Gasteiger charge is -2.30. The van der Waals surface area contributed by atoms with E-state index in [1.165, 1.54) is 25.7 Å². The second-order valence-corrected chi connectivity index (χ2v) is 4.92. The third-order valence-corrected chi connectivity index (χ3v) is 3.57. The summed E-state index contributed by atoms with van der Waals surface area (Å²) in [7, 11) is 0. The van der Waals surface area contributed by atoms with Crippen molar-refractivity contribution in [3.63, 3.8) is 0 Å². The molecule has 0 aromatic carbocycles. The first kappa shape index (κ1) is 13.0. The molecular formula is C13H27NO. The number of aliphatic hydroxyl groups excluding tert-OH is 1. The van der Waals surface area contributed by atoms with Crippen LogP contribution in [-0.2, 0) is 0 Å². The van der Waals surface area contributed by atoms with Crippen LogP contribution in [0.25, 0.3) is 0 Å². The number of hydrogen-bond acceptors (Lipinski definition) is 2. The summed E-state index contributed by atoms with van der Waals surface area (Å²) in [6, 6.07) is 1.36. The maximum atomic E-state index is 9.43. The zero-order valence-electron chi connectivity index (χ0n) is 10.3. The van der Waals surface area contributed by atoms with E-state index in [0.29, 0.717) is 12.1 Å². The lowest BCUT2D eigenvalue weighted by atomic mass is 9.92. The molecule has 15 heavy (non-hydrogen) atoms. The fraction of sp³-hybridized carbons (Fsp3) is 1.00. The molecule has 1 fully saturated rings. The summed E-state index contributed by atoms with van der Waals surface area (Å²) in [6.07, 6.45) is 9.43. The lowest BCUT2D eigenvalue weighted by molar-refractivity contribution is 0.113. The molecular weight excluding hydrogens is 186 g/mol.